The molecular weight excluding hydrogens is 208 g/mol. The van der Waals surface area contributed by atoms with Crippen molar-refractivity contribution in [2.75, 3.05) is 13.1 Å². The predicted molar refractivity (Wildman–Crippen MR) is 72.9 cm³/mol. The summed E-state index contributed by atoms with van der Waals surface area (Å²) in [4.78, 5) is 2.50. The van der Waals surface area contributed by atoms with Crippen LogP contribution in [0.3, 0.4) is 0 Å². The Morgan fingerprint density at radius 1 is 1.29 bits per heavy atom. The van der Waals surface area contributed by atoms with Gasteiger partial charge in [0.2, 0.25) is 0 Å². The van der Waals surface area contributed by atoms with Gasteiger partial charge in [-0.2, -0.15) is 0 Å². The highest BCUT2D eigenvalue weighted by atomic mass is 15.1. The van der Waals surface area contributed by atoms with Crippen LogP contribution in [0.2, 0.25) is 0 Å². The zero-order valence-electron chi connectivity index (χ0n) is 10.9. The minimum absolute atomic E-state index is 0.347. The normalized spacial score (nSPS) is 17.8. The molecule has 0 bridgehead atoms. The van der Waals surface area contributed by atoms with E-state index >= 15 is 0 Å². The highest BCUT2D eigenvalue weighted by molar-refractivity contribution is 5.29. The molecule has 2 heteroatoms. The molecule has 1 aliphatic heterocycles. The zero-order chi connectivity index (χ0) is 12.1. The Morgan fingerprint density at radius 2 is 2.06 bits per heavy atom. The van der Waals surface area contributed by atoms with Gasteiger partial charge in [0.25, 0.3) is 0 Å². The SMILES string of the molecule is CCCC[C@H](N)CN1CCc2ccccc2C1. The van der Waals surface area contributed by atoms with Gasteiger partial charge in [-0.1, -0.05) is 44.0 Å². The van der Waals surface area contributed by atoms with Crippen LogP contribution in [0.1, 0.15) is 37.3 Å². The van der Waals surface area contributed by atoms with Crippen LogP contribution in [0.4, 0.5) is 0 Å². The first-order valence-corrected chi connectivity index (χ1v) is 6.84. The van der Waals surface area contributed by atoms with Gasteiger partial charge in [-0.3, -0.25) is 4.90 Å². The Bertz CT molecular complexity index is 349. The van der Waals surface area contributed by atoms with Gasteiger partial charge in [-0.15, -0.1) is 0 Å². The molecule has 1 heterocycles. The fraction of sp³-hybridized carbons (Fsp3) is 0.600. The summed E-state index contributed by atoms with van der Waals surface area (Å²) in [5.74, 6) is 0. The molecule has 0 saturated carbocycles. The van der Waals surface area contributed by atoms with Gasteiger partial charge in [0.05, 0.1) is 0 Å². The number of nitrogens with two attached hydrogens (primary N) is 1. The summed E-state index contributed by atoms with van der Waals surface area (Å²) >= 11 is 0. The van der Waals surface area contributed by atoms with Crippen molar-refractivity contribution in [3.05, 3.63) is 35.4 Å². The number of unbranched alkanes of at least 4 members (excludes halogenated alkanes) is 1. The zero-order valence-corrected chi connectivity index (χ0v) is 10.9. The number of hydrogen-bond donors (Lipinski definition) is 1. The van der Waals surface area contributed by atoms with Crippen molar-refractivity contribution in [2.24, 2.45) is 5.73 Å². The summed E-state index contributed by atoms with van der Waals surface area (Å²) in [6.45, 7) is 5.52. The van der Waals surface area contributed by atoms with E-state index in [-0.39, 0.29) is 0 Å². The predicted octanol–water partition coefficient (Wildman–Crippen LogP) is 2.56. The average Bonchev–Trinajstić information content (AvgIpc) is 2.36. The molecule has 2 N–H and O–H groups in total. The summed E-state index contributed by atoms with van der Waals surface area (Å²) < 4.78 is 0. The van der Waals surface area contributed by atoms with E-state index in [2.05, 4.69) is 36.1 Å². The largest absolute Gasteiger partial charge is 0.327 e. The quantitative estimate of drug-likeness (QED) is 0.845. The molecule has 0 fully saturated rings. The van der Waals surface area contributed by atoms with Crippen LogP contribution in [0.25, 0.3) is 0 Å². The fourth-order valence-corrected chi connectivity index (χ4v) is 2.60. The molecule has 0 spiro atoms. The van der Waals surface area contributed by atoms with Gasteiger partial charge in [-0.25, -0.2) is 0 Å². The van der Waals surface area contributed by atoms with Crippen LogP contribution in [0.15, 0.2) is 24.3 Å². The van der Waals surface area contributed by atoms with E-state index in [4.69, 9.17) is 5.73 Å². The molecular formula is C15H24N2. The second-order valence-corrected chi connectivity index (χ2v) is 5.16. The molecule has 0 aliphatic carbocycles. The first-order valence-electron chi connectivity index (χ1n) is 6.84. The monoisotopic (exact) mass is 232 g/mol. The maximum absolute atomic E-state index is 6.17. The van der Waals surface area contributed by atoms with Crippen molar-refractivity contribution >= 4 is 0 Å². The van der Waals surface area contributed by atoms with E-state index in [0.29, 0.717) is 6.04 Å². The molecule has 0 unspecified atom stereocenters. The van der Waals surface area contributed by atoms with E-state index in [1.807, 2.05) is 0 Å². The van der Waals surface area contributed by atoms with Gasteiger partial charge in [0, 0.05) is 25.7 Å². The summed E-state index contributed by atoms with van der Waals surface area (Å²) in [5, 5.41) is 0. The Hall–Kier alpha value is -0.860. The molecule has 2 rings (SSSR count). The van der Waals surface area contributed by atoms with E-state index in [0.717, 1.165) is 26.1 Å². The standard InChI is InChI=1S/C15H24N2/c1-2-3-8-15(16)12-17-10-9-13-6-4-5-7-14(13)11-17/h4-7,15H,2-3,8-12,16H2,1H3/t15-/m0/s1. The fourth-order valence-electron chi connectivity index (χ4n) is 2.60. The van der Waals surface area contributed by atoms with Crippen molar-refractivity contribution in [3.8, 4) is 0 Å². The molecule has 1 aromatic rings. The molecule has 94 valence electrons. The van der Waals surface area contributed by atoms with Crippen LogP contribution in [0.5, 0.6) is 0 Å². The molecule has 17 heavy (non-hydrogen) atoms. The lowest BCUT2D eigenvalue weighted by molar-refractivity contribution is 0.233. The van der Waals surface area contributed by atoms with Gasteiger partial charge in [-0.05, 0) is 24.0 Å². The van der Waals surface area contributed by atoms with Crippen molar-refractivity contribution in [2.45, 2.75) is 45.2 Å². The minimum atomic E-state index is 0.347. The smallest absolute Gasteiger partial charge is 0.0237 e. The maximum atomic E-state index is 6.17. The van der Waals surface area contributed by atoms with Crippen LogP contribution >= 0.6 is 0 Å². The van der Waals surface area contributed by atoms with Crippen molar-refractivity contribution in [1.29, 1.82) is 0 Å². The second-order valence-electron chi connectivity index (χ2n) is 5.16. The van der Waals surface area contributed by atoms with Crippen LogP contribution in [0, 0.1) is 0 Å². The number of rotatable bonds is 5. The third kappa shape index (κ3) is 3.55. The lowest BCUT2D eigenvalue weighted by atomic mass is 9.99. The highest BCUT2D eigenvalue weighted by Crippen LogP contribution is 2.18. The molecule has 1 aliphatic rings. The number of hydrogen-bond acceptors (Lipinski definition) is 2. The average molecular weight is 232 g/mol. The molecule has 1 aromatic carbocycles. The van der Waals surface area contributed by atoms with Crippen LogP contribution in [-0.2, 0) is 13.0 Å². The summed E-state index contributed by atoms with van der Waals surface area (Å²) in [5.41, 5.74) is 9.18. The lowest BCUT2D eigenvalue weighted by Gasteiger charge is -2.30. The van der Waals surface area contributed by atoms with E-state index in [1.165, 1.54) is 30.4 Å². The van der Waals surface area contributed by atoms with E-state index in [1.54, 1.807) is 0 Å². The molecule has 0 radical (unpaired) electrons. The highest BCUT2D eigenvalue weighted by Gasteiger charge is 2.17. The second kappa shape index (κ2) is 6.18. The van der Waals surface area contributed by atoms with Crippen molar-refractivity contribution in [1.82, 2.24) is 4.90 Å². The summed E-state index contributed by atoms with van der Waals surface area (Å²) in [6.07, 6.45) is 4.84. The maximum Gasteiger partial charge on any atom is 0.0237 e. The summed E-state index contributed by atoms with van der Waals surface area (Å²) in [7, 11) is 0. The Balaban J connectivity index is 1.85. The van der Waals surface area contributed by atoms with Crippen molar-refractivity contribution < 1.29 is 0 Å². The number of nitrogens with zero attached hydrogens (tertiary/aromatic N) is 1. The van der Waals surface area contributed by atoms with Gasteiger partial charge in [0.15, 0.2) is 0 Å². The number of benzene rings is 1. The molecule has 0 saturated heterocycles. The molecule has 1 atom stereocenters. The van der Waals surface area contributed by atoms with Gasteiger partial charge >= 0.3 is 0 Å². The van der Waals surface area contributed by atoms with E-state index in [9.17, 15) is 0 Å². The van der Waals surface area contributed by atoms with Gasteiger partial charge in [0.1, 0.15) is 0 Å². The molecule has 2 nitrogen and oxygen atoms in total. The third-order valence-corrected chi connectivity index (χ3v) is 3.63. The minimum Gasteiger partial charge on any atom is -0.327 e. The van der Waals surface area contributed by atoms with Crippen molar-refractivity contribution in [3.63, 3.8) is 0 Å². The summed E-state index contributed by atoms with van der Waals surface area (Å²) in [6, 6.07) is 9.13. The van der Waals surface area contributed by atoms with Crippen LogP contribution < -0.4 is 5.73 Å². The Morgan fingerprint density at radius 3 is 2.82 bits per heavy atom. The molecule has 0 amide bonds. The Labute approximate surface area is 105 Å². The number of fused-ring (bicyclic) bond motifs is 1. The van der Waals surface area contributed by atoms with Crippen LogP contribution in [-0.4, -0.2) is 24.0 Å². The first kappa shape index (κ1) is 12.6. The van der Waals surface area contributed by atoms with E-state index < -0.39 is 0 Å². The Kier molecular flexibility index (Phi) is 4.57. The molecule has 0 aromatic heterocycles. The first-order chi connectivity index (χ1) is 8.29. The third-order valence-electron chi connectivity index (χ3n) is 3.63. The van der Waals surface area contributed by atoms with Gasteiger partial charge < -0.3 is 5.73 Å². The topological polar surface area (TPSA) is 29.3 Å². The lowest BCUT2D eigenvalue weighted by Crippen LogP contribution is -2.40.